The van der Waals surface area contributed by atoms with E-state index in [0.717, 1.165) is 18.0 Å². The molecule has 0 aliphatic rings. The van der Waals surface area contributed by atoms with E-state index in [9.17, 15) is 0 Å². The van der Waals surface area contributed by atoms with Crippen molar-refractivity contribution in [2.45, 2.75) is 66.8 Å². The van der Waals surface area contributed by atoms with Gasteiger partial charge in [0.1, 0.15) is 0 Å². The molecule has 0 radical (unpaired) electrons. The zero-order valence-corrected chi connectivity index (χ0v) is 13.5. The van der Waals surface area contributed by atoms with Gasteiger partial charge >= 0.3 is 0 Å². The number of nitrogens with zero attached hydrogens (tertiary/aromatic N) is 2. The predicted molar refractivity (Wildman–Crippen MR) is 82.5 cm³/mol. The third-order valence-electron chi connectivity index (χ3n) is 4.12. The molecule has 0 bridgehead atoms. The zero-order chi connectivity index (χ0) is 13.8. The van der Waals surface area contributed by atoms with Crippen LogP contribution in [0.4, 0.5) is 0 Å². The van der Waals surface area contributed by atoms with Crippen LogP contribution in [0.5, 0.6) is 0 Å². The summed E-state index contributed by atoms with van der Waals surface area (Å²) in [5, 5.41) is 4.69. The topological polar surface area (TPSA) is 17.8 Å². The number of hydrogen-bond donors (Lipinski definition) is 1. The Bertz CT molecular complexity index is 376. The van der Waals surface area contributed by atoms with Gasteiger partial charge in [0.25, 0.3) is 0 Å². The molecule has 104 valence electrons. The highest BCUT2D eigenvalue weighted by Crippen LogP contribution is 2.34. The summed E-state index contributed by atoms with van der Waals surface area (Å²) in [5.74, 6) is 0.950. The zero-order valence-electron chi connectivity index (χ0n) is 12.6. The number of aromatic nitrogens is 2. The smallest absolute Gasteiger partial charge is 0.0625 e. The Labute approximate surface area is 118 Å². The molecule has 1 aromatic heterocycles. The first-order valence-corrected chi connectivity index (χ1v) is 7.74. The lowest BCUT2D eigenvalue weighted by molar-refractivity contribution is 0.219. The third kappa shape index (κ3) is 3.31. The van der Waals surface area contributed by atoms with E-state index in [2.05, 4.69) is 57.0 Å². The minimum absolute atomic E-state index is 0.308. The molecule has 18 heavy (non-hydrogen) atoms. The van der Waals surface area contributed by atoms with Crippen LogP contribution in [0.25, 0.3) is 0 Å². The molecule has 0 amide bonds. The number of thiol groups is 1. The van der Waals surface area contributed by atoms with Crippen molar-refractivity contribution in [2.75, 3.05) is 5.75 Å². The van der Waals surface area contributed by atoms with Gasteiger partial charge in [0.15, 0.2) is 0 Å². The van der Waals surface area contributed by atoms with Crippen molar-refractivity contribution in [3.8, 4) is 0 Å². The second-order valence-corrected chi connectivity index (χ2v) is 5.93. The van der Waals surface area contributed by atoms with Gasteiger partial charge < -0.3 is 0 Å². The first kappa shape index (κ1) is 15.6. The fourth-order valence-electron chi connectivity index (χ4n) is 2.81. The van der Waals surface area contributed by atoms with Gasteiger partial charge in [0.2, 0.25) is 0 Å². The van der Waals surface area contributed by atoms with Crippen LogP contribution in [0, 0.1) is 26.2 Å². The lowest BCUT2D eigenvalue weighted by Gasteiger charge is -2.32. The molecule has 1 rings (SSSR count). The highest BCUT2D eigenvalue weighted by molar-refractivity contribution is 7.80. The molecule has 0 aliphatic heterocycles. The number of aryl methyl sites for hydroxylation is 1. The third-order valence-corrected chi connectivity index (χ3v) is 4.80. The highest BCUT2D eigenvalue weighted by atomic mass is 32.1. The van der Waals surface area contributed by atoms with Crippen molar-refractivity contribution in [1.82, 2.24) is 9.78 Å². The maximum absolute atomic E-state index is 4.69. The standard InChI is InChI=1S/C15H28N2S/c1-6-8-15(11-18,9-7-2)10-17-14(5)12(3)13(4)16-17/h18H,6-11H2,1-5H3. The van der Waals surface area contributed by atoms with Crippen LogP contribution in [0.1, 0.15) is 56.5 Å². The molecule has 0 saturated carbocycles. The van der Waals surface area contributed by atoms with E-state index < -0.39 is 0 Å². The molecule has 1 aromatic rings. The summed E-state index contributed by atoms with van der Waals surface area (Å²) in [6.07, 6.45) is 4.92. The molecular weight excluding hydrogens is 240 g/mol. The fraction of sp³-hybridized carbons (Fsp3) is 0.800. The van der Waals surface area contributed by atoms with Crippen LogP contribution in [0.3, 0.4) is 0 Å². The average Bonchev–Trinajstić information content (AvgIpc) is 2.57. The molecule has 0 atom stereocenters. The van der Waals surface area contributed by atoms with Gasteiger partial charge in [-0.2, -0.15) is 17.7 Å². The molecule has 0 spiro atoms. The van der Waals surface area contributed by atoms with E-state index in [0.29, 0.717) is 5.41 Å². The second-order valence-electron chi connectivity index (χ2n) is 5.61. The fourth-order valence-corrected chi connectivity index (χ4v) is 3.23. The molecule has 3 heteroatoms. The molecule has 0 N–H and O–H groups in total. The van der Waals surface area contributed by atoms with Gasteiger partial charge in [-0.25, -0.2) is 0 Å². The van der Waals surface area contributed by atoms with Crippen LogP contribution in [0.2, 0.25) is 0 Å². The van der Waals surface area contributed by atoms with Gasteiger partial charge in [-0.15, -0.1) is 0 Å². The summed E-state index contributed by atoms with van der Waals surface area (Å²) in [5.41, 5.74) is 4.11. The molecule has 0 unspecified atom stereocenters. The minimum atomic E-state index is 0.308. The monoisotopic (exact) mass is 268 g/mol. The van der Waals surface area contributed by atoms with Crippen LogP contribution >= 0.6 is 12.6 Å². The van der Waals surface area contributed by atoms with Crippen molar-refractivity contribution in [1.29, 1.82) is 0 Å². The van der Waals surface area contributed by atoms with E-state index in [1.165, 1.54) is 36.9 Å². The van der Waals surface area contributed by atoms with Crippen molar-refractivity contribution in [3.63, 3.8) is 0 Å². The number of hydrogen-bond acceptors (Lipinski definition) is 2. The summed E-state index contributed by atoms with van der Waals surface area (Å²) in [6, 6.07) is 0. The maximum atomic E-state index is 4.69. The Morgan fingerprint density at radius 3 is 2.00 bits per heavy atom. The van der Waals surface area contributed by atoms with Crippen molar-refractivity contribution < 1.29 is 0 Å². The van der Waals surface area contributed by atoms with E-state index >= 15 is 0 Å². The quantitative estimate of drug-likeness (QED) is 0.729. The minimum Gasteiger partial charge on any atom is -0.269 e. The number of rotatable bonds is 7. The molecule has 1 heterocycles. The predicted octanol–water partition coefficient (Wildman–Crippen LogP) is 4.32. The maximum Gasteiger partial charge on any atom is 0.0625 e. The first-order chi connectivity index (χ1) is 8.49. The molecular formula is C15H28N2S. The molecule has 0 aromatic carbocycles. The Kier molecular flexibility index (Phi) is 5.77. The van der Waals surface area contributed by atoms with Crippen LogP contribution in [0.15, 0.2) is 0 Å². The summed E-state index contributed by atoms with van der Waals surface area (Å²) < 4.78 is 2.20. The summed E-state index contributed by atoms with van der Waals surface area (Å²) in [4.78, 5) is 0. The summed E-state index contributed by atoms with van der Waals surface area (Å²) in [7, 11) is 0. The Morgan fingerprint density at radius 2 is 1.67 bits per heavy atom. The second kappa shape index (κ2) is 6.65. The van der Waals surface area contributed by atoms with Crippen molar-refractivity contribution in [3.05, 3.63) is 17.0 Å². The van der Waals surface area contributed by atoms with Crippen LogP contribution in [-0.4, -0.2) is 15.5 Å². The molecule has 0 aliphatic carbocycles. The van der Waals surface area contributed by atoms with Crippen LogP contribution in [-0.2, 0) is 6.54 Å². The lowest BCUT2D eigenvalue weighted by Crippen LogP contribution is -2.30. The van der Waals surface area contributed by atoms with Crippen molar-refractivity contribution >= 4 is 12.6 Å². The van der Waals surface area contributed by atoms with Gasteiger partial charge in [-0.05, 0) is 50.3 Å². The summed E-state index contributed by atoms with van der Waals surface area (Å²) >= 11 is 4.63. The van der Waals surface area contributed by atoms with Crippen molar-refractivity contribution in [2.24, 2.45) is 5.41 Å². The SMILES string of the molecule is CCCC(CS)(CCC)Cn1nc(C)c(C)c1C. The summed E-state index contributed by atoms with van der Waals surface area (Å²) in [6.45, 7) is 12.0. The van der Waals surface area contributed by atoms with Gasteiger partial charge in [-0.3, -0.25) is 4.68 Å². The van der Waals surface area contributed by atoms with Gasteiger partial charge in [0, 0.05) is 12.2 Å². The Hall–Kier alpha value is -0.440. The first-order valence-electron chi connectivity index (χ1n) is 7.11. The lowest BCUT2D eigenvalue weighted by atomic mass is 9.81. The average molecular weight is 268 g/mol. The molecule has 0 fully saturated rings. The largest absolute Gasteiger partial charge is 0.269 e. The normalized spacial score (nSPS) is 12.1. The highest BCUT2D eigenvalue weighted by Gasteiger charge is 2.28. The Morgan fingerprint density at radius 1 is 1.11 bits per heavy atom. The van der Waals surface area contributed by atoms with Gasteiger partial charge in [-0.1, -0.05) is 26.7 Å². The van der Waals surface area contributed by atoms with Gasteiger partial charge in [0.05, 0.1) is 5.69 Å². The molecule has 2 nitrogen and oxygen atoms in total. The van der Waals surface area contributed by atoms with E-state index in [4.69, 9.17) is 0 Å². The van der Waals surface area contributed by atoms with Crippen LogP contribution < -0.4 is 0 Å². The van der Waals surface area contributed by atoms with E-state index in [1.54, 1.807) is 0 Å². The van der Waals surface area contributed by atoms with E-state index in [-0.39, 0.29) is 0 Å². The molecule has 0 saturated heterocycles. The Balaban J connectivity index is 2.98. The van der Waals surface area contributed by atoms with E-state index in [1.807, 2.05) is 0 Å².